The highest BCUT2D eigenvalue weighted by atomic mass is 16.1. The number of aromatic amines is 1. The maximum absolute atomic E-state index is 10.4. The highest BCUT2D eigenvalue weighted by molar-refractivity contribution is 5.15. The van der Waals surface area contributed by atoms with Crippen molar-refractivity contribution >= 4 is 0 Å². The van der Waals surface area contributed by atoms with Crippen molar-refractivity contribution in [2.45, 2.75) is 0 Å². The Kier molecular flexibility index (Phi) is 1.28. The molecule has 0 amide bonds. The first-order chi connectivity index (χ1) is 4.33. The first-order valence-corrected chi connectivity index (χ1v) is 2.28. The Balaban J connectivity index is 3.28. The van der Waals surface area contributed by atoms with Crippen LogP contribution >= 0.6 is 0 Å². The summed E-state index contributed by atoms with van der Waals surface area (Å²) in [4.78, 5) is 16.2. The summed E-state index contributed by atoms with van der Waals surface area (Å²) in [5.74, 6) is 0. The van der Waals surface area contributed by atoms with Gasteiger partial charge in [0.1, 0.15) is 11.8 Å². The molecule has 0 fully saturated rings. The van der Waals surface area contributed by atoms with Gasteiger partial charge in [-0.05, 0) is 0 Å². The van der Waals surface area contributed by atoms with Gasteiger partial charge in [0.25, 0.3) is 5.56 Å². The molecule has 0 spiro atoms. The highest BCUT2D eigenvalue weighted by Gasteiger charge is 1.87. The number of rotatable bonds is 0. The Morgan fingerprint density at radius 3 is 3.00 bits per heavy atom. The van der Waals surface area contributed by atoms with E-state index in [1.807, 2.05) is 0 Å². The first-order valence-electron chi connectivity index (χ1n) is 2.28. The molecule has 1 N–H and O–H groups in total. The van der Waals surface area contributed by atoms with E-state index in [2.05, 4.69) is 9.97 Å². The van der Waals surface area contributed by atoms with Crippen molar-refractivity contribution in [2.75, 3.05) is 0 Å². The van der Waals surface area contributed by atoms with E-state index in [9.17, 15) is 4.79 Å². The van der Waals surface area contributed by atoms with Gasteiger partial charge in [-0.1, -0.05) is 0 Å². The highest BCUT2D eigenvalue weighted by Crippen LogP contribution is 1.78. The average molecular weight is 121 g/mol. The summed E-state index contributed by atoms with van der Waals surface area (Å²) in [6, 6.07) is 2.88. The molecule has 0 unspecified atom stereocenters. The molecule has 4 nitrogen and oxygen atoms in total. The van der Waals surface area contributed by atoms with Crippen LogP contribution in [0.3, 0.4) is 0 Å². The molecule has 1 aromatic heterocycles. The zero-order chi connectivity index (χ0) is 6.69. The second kappa shape index (κ2) is 2.09. The van der Waals surface area contributed by atoms with Crippen LogP contribution in [-0.4, -0.2) is 9.97 Å². The lowest BCUT2D eigenvalue weighted by molar-refractivity contribution is 1.09. The molecule has 44 valence electrons. The second-order valence-corrected chi connectivity index (χ2v) is 1.41. The number of H-pyrrole nitrogens is 1. The molecule has 0 radical (unpaired) electrons. The van der Waals surface area contributed by atoms with Crippen molar-refractivity contribution in [1.82, 2.24) is 9.97 Å². The lowest BCUT2D eigenvalue weighted by Gasteiger charge is -1.80. The summed E-state index contributed by atoms with van der Waals surface area (Å²) in [6.07, 6.45) is 1.20. The van der Waals surface area contributed by atoms with Crippen molar-refractivity contribution in [1.29, 1.82) is 5.26 Å². The summed E-state index contributed by atoms with van der Waals surface area (Å²) in [6.45, 7) is 0. The number of hydrogen-bond donors (Lipinski definition) is 1. The molecular formula is C5H3N3O. The topological polar surface area (TPSA) is 69.5 Å². The predicted octanol–water partition coefficient (Wildman–Crippen LogP) is -0.358. The van der Waals surface area contributed by atoms with Crippen LogP contribution < -0.4 is 5.56 Å². The Morgan fingerprint density at radius 2 is 2.56 bits per heavy atom. The monoisotopic (exact) mass is 121 g/mol. The fourth-order valence-electron chi connectivity index (χ4n) is 0.430. The Morgan fingerprint density at radius 1 is 1.78 bits per heavy atom. The first kappa shape index (κ1) is 5.51. The number of nitrogens with one attached hydrogen (secondary N) is 1. The summed E-state index contributed by atoms with van der Waals surface area (Å²) in [5, 5.41) is 8.20. The summed E-state index contributed by atoms with van der Waals surface area (Å²) >= 11 is 0. The Hall–Kier alpha value is -1.63. The minimum Gasteiger partial charge on any atom is -0.313 e. The predicted molar refractivity (Wildman–Crippen MR) is 29.6 cm³/mol. The Bertz CT molecular complexity index is 296. The third-order valence-electron chi connectivity index (χ3n) is 0.793. The maximum atomic E-state index is 10.4. The molecule has 0 bridgehead atoms. The zero-order valence-electron chi connectivity index (χ0n) is 4.46. The van der Waals surface area contributed by atoms with E-state index in [4.69, 9.17) is 5.26 Å². The van der Waals surface area contributed by atoms with Gasteiger partial charge in [-0.2, -0.15) is 5.26 Å². The number of nitrogens with zero attached hydrogens (tertiary/aromatic N) is 2. The molecule has 1 heterocycles. The molecule has 0 aliphatic rings. The lowest BCUT2D eigenvalue weighted by atomic mass is 10.4. The maximum Gasteiger partial charge on any atom is 0.251 e. The smallest absolute Gasteiger partial charge is 0.251 e. The van der Waals surface area contributed by atoms with E-state index in [0.717, 1.165) is 6.07 Å². The Labute approximate surface area is 50.8 Å². The number of nitriles is 1. The van der Waals surface area contributed by atoms with Crippen molar-refractivity contribution < 1.29 is 0 Å². The van der Waals surface area contributed by atoms with Crippen LogP contribution in [0.15, 0.2) is 17.2 Å². The van der Waals surface area contributed by atoms with E-state index in [1.54, 1.807) is 6.07 Å². The standard InChI is InChI=1S/C5H3N3O/c6-2-4-1-5(9)8-3-7-4/h1,3H,(H,7,8,9). The largest absolute Gasteiger partial charge is 0.313 e. The van der Waals surface area contributed by atoms with Gasteiger partial charge in [0.2, 0.25) is 0 Å². The summed E-state index contributed by atoms with van der Waals surface area (Å²) in [7, 11) is 0. The van der Waals surface area contributed by atoms with Crippen LogP contribution in [0.1, 0.15) is 5.69 Å². The lowest BCUT2D eigenvalue weighted by Crippen LogP contribution is -2.04. The summed E-state index contributed by atoms with van der Waals surface area (Å²) < 4.78 is 0. The van der Waals surface area contributed by atoms with Gasteiger partial charge in [-0.25, -0.2) is 4.98 Å². The fraction of sp³-hybridized carbons (Fsp3) is 0. The van der Waals surface area contributed by atoms with Crippen LogP contribution in [0.25, 0.3) is 0 Å². The van der Waals surface area contributed by atoms with Crippen LogP contribution in [0, 0.1) is 11.3 Å². The van der Waals surface area contributed by atoms with E-state index in [1.165, 1.54) is 6.33 Å². The van der Waals surface area contributed by atoms with Crippen molar-refractivity contribution in [2.24, 2.45) is 0 Å². The molecule has 0 saturated heterocycles. The van der Waals surface area contributed by atoms with E-state index >= 15 is 0 Å². The van der Waals surface area contributed by atoms with Gasteiger partial charge in [0.05, 0.1) is 6.33 Å². The van der Waals surface area contributed by atoms with Crippen LogP contribution in [-0.2, 0) is 0 Å². The zero-order valence-corrected chi connectivity index (χ0v) is 4.46. The summed E-state index contributed by atoms with van der Waals surface area (Å²) in [5.41, 5.74) is -0.166. The molecule has 4 heteroatoms. The quantitative estimate of drug-likeness (QED) is 0.509. The number of hydrogen-bond acceptors (Lipinski definition) is 3. The molecule has 0 atom stereocenters. The minimum atomic E-state index is -0.304. The molecule has 0 aromatic carbocycles. The van der Waals surface area contributed by atoms with Crippen LogP contribution in [0.2, 0.25) is 0 Å². The SMILES string of the molecule is N#Cc1cc(=O)[nH]cn1. The second-order valence-electron chi connectivity index (χ2n) is 1.41. The van der Waals surface area contributed by atoms with Crippen molar-refractivity contribution in [3.8, 4) is 6.07 Å². The average Bonchev–Trinajstić information content (AvgIpc) is 1.88. The van der Waals surface area contributed by atoms with Gasteiger partial charge in [-0.3, -0.25) is 4.79 Å². The van der Waals surface area contributed by atoms with Crippen LogP contribution in [0.4, 0.5) is 0 Å². The molecule has 0 aliphatic carbocycles. The normalized spacial score (nSPS) is 8.33. The van der Waals surface area contributed by atoms with Crippen molar-refractivity contribution in [3.63, 3.8) is 0 Å². The molecule has 1 rings (SSSR count). The van der Waals surface area contributed by atoms with Crippen LogP contribution in [0.5, 0.6) is 0 Å². The van der Waals surface area contributed by atoms with Gasteiger partial charge in [0.15, 0.2) is 0 Å². The van der Waals surface area contributed by atoms with Gasteiger partial charge in [0, 0.05) is 6.07 Å². The molecule has 0 saturated carbocycles. The molecular weight excluding hydrogens is 118 g/mol. The van der Waals surface area contributed by atoms with E-state index < -0.39 is 0 Å². The van der Waals surface area contributed by atoms with Gasteiger partial charge in [-0.15, -0.1) is 0 Å². The molecule has 0 aliphatic heterocycles. The third-order valence-corrected chi connectivity index (χ3v) is 0.793. The fourth-order valence-corrected chi connectivity index (χ4v) is 0.430. The molecule has 9 heavy (non-hydrogen) atoms. The van der Waals surface area contributed by atoms with Gasteiger partial charge < -0.3 is 4.98 Å². The van der Waals surface area contributed by atoms with E-state index in [-0.39, 0.29) is 11.3 Å². The number of aromatic nitrogens is 2. The van der Waals surface area contributed by atoms with Gasteiger partial charge >= 0.3 is 0 Å². The minimum absolute atomic E-state index is 0.138. The molecule has 1 aromatic rings. The van der Waals surface area contributed by atoms with Crippen molar-refractivity contribution in [3.05, 3.63) is 28.4 Å². The van der Waals surface area contributed by atoms with E-state index in [0.29, 0.717) is 0 Å². The third kappa shape index (κ3) is 1.13.